The van der Waals surface area contributed by atoms with Gasteiger partial charge in [-0.1, -0.05) is 147 Å². The van der Waals surface area contributed by atoms with Crippen molar-refractivity contribution in [2.24, 2.45) is 0 Å². The monoisotopic (exact) mass is 668 g/mol. The maximum absolute atomic E-state index is 5.24. The van der Waals surface area contributed by atoms with Crippen LogP contribution in [0.1, 0.15) is 43.2 Å². The smallest absolute Gasteiger partial charge is 0.164 e. The van der Waals surface area contributed by atoms with Crippen LogP contribution in [-0.2, 0) is 5.41 Å². The Kier molecular flexibility index (Phi) is 7.35. The molecule has 8 aromatic rings. The Balaban J connectivity index is 1.14. The van der Waals surface area contributed by atoms with Crippen molar-refractivity contribution in [3.63, 3.8) is 0 Å². The minimum absolute atomic E-state index is 0.00126. The molecule has 0 N–H and O–H groups in total. The van der Waals surface area contributed by atoms with Gasteiger partial charge in [-0.3, -0.25) is 4.98 Å². The molecule has 0 aliphatic heterocycles. The predicted molar refractivity (Wildman–Crippen MR) is 212 cm³/mol. The molecule has 6 aromatic carbocycles. The lowest BCUT2D eigenvalue weighted by molar-refractivity contribution is 0.353. The lowest BCUT2D eigenvalue weighted by atomic mass is 9.67. The normalized spacial score (nSPS) is 14.3. The molecule has 0 bridgehead atoms. The van der Waals surface area contributed by atoms with E-state index in [0.717, 1.165) is 51.4 Å². The van der Waals surface area contributed by atoms with Crippen LogP contribution in [0.15, 0.2) is 158 Å². The van der Waals surface area contributed by atoms with E-state index in [1.165, 1.54) is 52.6 Å². The zero-order valence-corrected chi connectivity index (χ0v) is 28.8. The summed E-state index contributed by atoms with van der Waals surface area (Å²) in [7, 11) is 0. The molecule has 2 heterocycles. The fraction of sp³-hybridized carbons (Fsp3) is 0.125. The highest BCUT2D eigenvalue weighted by Gasteiger charge is 2.44. The molecule has 10 rings (SSSR count). The molecule has 0 radical (unpaired) electrons. The zero-order chi connectivity index (χ0) is 34.5. The van der Waals surface area contributed by atoms with Gasteiger partial charge in [0.15, 0.2) is 17.5 Å². The molecular weight excluding hydrogens is 633 g/mol. The van der Waals surface area contributed by atoms with Crippen LogP contribution in [0.4, 0.5) is 0 Å². The molecular formula is C48H36N4. The van der Waals surface area contributed by atoms with Crippen LogP contribution in [0.2, 0.25) is 0 Å². The summed E-state index contributed by atoms with van der Waals surface area (Å²) in [6.07, 6.45) is 9.91. The minimum atomic E-state index is 0.00126. The first-order valence-corrected chi connectivity index (χ1v) is 18.3. The van der Waals surface area contributed by atoms with Gasteiger partial charge in [-0.2, -0.15) is 0 Å². The lowest BCUT2D eigenvalue weighted by Gasteiger charge is -2.36. The third-order valence-corrected chi connectivity index (χ3v) is 11.2. The zero-order valence-electron chi connectivity index (χ0n) is 28.8. The van der Waals surface area contributed by atoms with Crippen molar-refractivity contribution in [1.29, 1.82) is 0 Å². The largest absolute Gasteiger partial charge is 0.264 e. The minimum Gasteiger partial charge on any atom is -0.264 e. The number of benzene rings is 6. The first-order valence-electron chi connectivity index (χ1n) is 18.3. The highest BCUT2D eigenvalue weighted by molar-refractivity contribution is 5.96. The highest BCUT2D eigenvalue weighted by atomic mass is 15.0. The summed E-state index contributed by atoms with van der Waals surface area (Å²) in [6, 6.07) is 52.0. The quantitative estimate of drug-likeness (QED) is 0.183. The Morgan fingerprint density at radius 2 is 1.02 bits per heavy atom. The number of rotatable bonds is 5. The molecule has 4 nitrogen and oxygen atoms in total. The molecule has 1 spiro atoms. The SMILES string of the molecule is c1ccc(-c2nc(-c3ccccc3-c3ccc4c(c3)C3(CCCCC3)c3cc(-c5cccnc5)ccc3-4)nc(-c3cccc4ccccc34)n2)cc1. The van der Waals surface area contributed by atoms with E-state index >= 15 is 0 Å². The van der Waals surface area contributed by atoms with E-state index in [-0.39, 0.29) is 5.41 Å². The van der Waals surface area contributed by atoms with Crippen molar-refractivity contribution in [3.05, 3.63) is 169 Å². The van der Waals surface area contributed by atoms with Crippen LogP contribution in [-0.4, -0.2) is 19.9 Å². The van der Waals surface area contributed by atoms with Crippen LogP contribution in [0, 0.1) is 0 Å². The van der Waals surface area contributed by atoms with Crippen molar-refractivity contribution < 1.29 is 0 Å². The van der Waals surface area contributed by atoms with E-state index in [2.05, 4.69) is 126 Å². The molecule has 1 saturated carbocycles. The van der Waals surface area contributed by atoms with E-state index in [1.807, 2.05) is 36.7 Å². The van der Waals surface area contributed by atoms with E-state index < -0.39 is 0 Å². The first kappa shape index (κ1) is 30.6. The number of hydrogen-bond acceptors (Lipinski definition) is 4. The molecule has 0 atom stereocenters. The van der Waals surface area contributed by atoms with Crippen LogP contribution in [0.25, 0.3) is 78.3 Å². The summed E-state index contributed by atoms with van der Waals surface area (Å²) >= 11 is 0. The lowest BCUT2D eigenvalue weighted by Crippen LogP contribution is -2.28. The molecule has 0 amide bonds. The topological polar surface area (TPSA) is 51.6 Å². The molecule has 2 aromatic heterocycles. The molecule has 248 valence electrons. The summed E-state index contributed by atoms with van der Waals surface area (Å²) in [5.74, 6) is 2.01. The van der Waals surface area contributed by atoms with Gasteiger partial charge in [0.2, 0.25) is 0 Å². The Hall–Kier alpha value is -6.26. The van der Waals surface area contributed by atoms with E-state index in [1.54, 1.807) is 0 Å². The summed E-state index contributed by atoms with van der Waals surface area (Å²) in [5, 5.41) is 2.28. The van der Waals surface area contributed by atoms with Gasteiger partial charge in [-0.25, -0.2) is 15.0 Å². The Bertz CT molecular complexity index is 2600. The molecule has 52 heavy (non-hydrogen) atoms. The fourth-order valence-corrected chi connectivity index (χ4v) is 8.75. The summed E-state index contributed by atoms with van der Waals surface area (Å²) in [5.41, 5.74) is 13.3. The molecule has 2 aliphatic carbocycles. The average molecular weight is 669 g/mol. The Morgan fingerprint density at radius 3 is 1.81 bits per heavy atom. The summed E-state index contributed by atoms with van der Waals surface area (Å²) in [4.78, 5) is 19.9. The Morgan fingerprint density at radius 1 is 0.404 bits per heavy atom. The molecule has 4 heteroatoms. The van der Waals surface area contributed by atoms with Gasteiger partial charge < -0.3 is 0 Å². The summed E-state index contributed by atoms with van der Waals surface area (Å²) < 4.78 is 0. The highest BCUT2D eigenvalue weighted by Crippen LogP contribution is 2.57. The van der Waals surface area contributed by atoms with Crippen molar-refractivity contribution >= 4 is 10.8 Å². The van der Waals surface area contributed by atoms with Crippen molar-refractivity contribution in [3.8, 4) is 67.5 Å². The van der Waals surface area contributed by atoms with E-state index in [4.69, 9.17) is 15.0 Å². The molecule has 2 aliphatic rings. The molecule has 1 fully saturated rings. The van der Waals surface area contributed by atoms with Gasteiger partial charge in [0.1, 0.15) is 0 Å². The number of fused-ring (bicyclic) bond motifs is 6. The van der Waals surface area contributed by atoms with Gasteiger partial charge in [0.05, 0.1) is 0 Å². The fourth-order valence-electron chi connectivity index (χ4n) is 8.75. The van der Waals surface area contributed by atoms with Gasteiger partial charge >= 0.3 is 0 Å². The second-order valence-corrected chi connectivity index (χ2v) is 14.1. The number of aromatic nitrogens is 4. The predicted octanol–water partition coefficient (Wildman–Crippen LogP) is 12.0. The van der Waals surface area contributed by atoms with Gasteiger partial charge in [-0.05, 0) is 86.3 Å². The maximum atomic E-state index is 5.24. The third-order valence-electron chi connectivity index (χ3n) is 11.2. The number of hydrogen-bond donors (Lipinski definition) is 0. The number of nitrogens with zero attached hydrogens (tertiary/aromatic N) is 4. The van der Waals surface area contributed by atoms with Gasteiger partial charge in [0.25, 0.3) is 0 Å². The van der Waals surface area contributed by atoms with Crippen molar-refractivity contribution in [1.82, 2.24) is 19.9 Å². The molecule has 0 saturated heterocycles. The average Bonchev–Trinajstić information content (AvgIpc) is 3.48. The molecule has 0 unspecified atom stereocenters. The summed E-state index contributed by atoms with van der Waals surface area (Å²) in [6.45, 7) is 0. The standard InChI is InChI=1S/C48H36N4/c1-3-14-33(15-4-1)45-50-46(52-47(51-45)42-21-11-16-32-13-5-6-18-37(32)42)41-20-8-7-19-38(41)35-23-25-40-39-24-22-34(36-17-12-28-49-31-36)29-43(39)48(44(40)30-35)26-9-2-10-27-48/h1,3-8,11-25,28-31H,2,9-10,26-27H2. The van der Waals surface area contributed by atoms with Crippen LogP contribution in [0.5, 0.6) is 0 Å². The van der Waals surface area contributed by atoms with E-state index in [9.17, 15) is 0 Å². The van der Waals surface area contributed by atoms with Crippen molar-refractivity contribution in [2.45, 2.75) is 37.5 Å². The van der Waals surface area contributed by atoms with Crippen LogP contribution in [0.3, 0.4) is 0 Å². The second-order valence-electron chi connectivity index (χ2n) is 14.1. The van der Waals surface area contributed by atoms with Gasteiger partial charge in [-0.15, -0.1) is 0 Å². The second kappa shape index (κ2) is 12.5. The number of pyridine rings is 1. The third kappa shape index (κ3) is 5.05. The van der Waals surface area contributed by atoms with Crippen LogP contribution < -0.4 is 0 Å². The van der Waals surface area contributed by atoms with Crippen LogP contribution >= 0.6 is 0 Å². The first-order chi connectivity index (χ1) is 25.7. The maximum Gasteiger partial charge on any atom is 0.164 e. The van der Waals surface area contributed by atoms with Gasteiger partial charge in [0, 0.05) is 34.5 Å². The van der Waals surface area contributed by atoms with E-state index in [0.29, 0.717) is 17.5 Å². The Labute approximate surface area is 304 Å². The van der Waals surface area contributed by atoms with Crippen molar-refractivity contribution in [2.75, 3.05) is 0 Å².